The number of imidazole rings is 1. The number of carbonyl (C=O) groups is 1. The zero-order chi connectivity index (χ0) is 17.2. The Hall–Kier alpha value is -2.08. The Bertz CT molecular complexity index is 718. The first-order valence-corrected chi connectivity index (χ1v) is 9.28. The van der Waals surface area contributed by atoms with Gasteiger partial charge in [-0.2, -0.15) is 0 Å². The fourth-order valence-corrected chi connectivity index (χ4v) is 3.76. The SMILES string of the molecule is C[C@@H]1c2nc(CC(=O)NCc3ccco3)cn2CCN1CC1CCC1. The fourth-order valence-electron chi connectivity index (χ4n) is 3.76. The number of aromatic nitrogens is 2. The van der Waals surface area contributed by atoms with E-state index in [4.69, 9.17) is 9.40 Å². The van der Waals surface area contributed by atoms with E-state index in [0.29, 0.717) is 19.0 Å². The molecule has 2 aromatic heterocycles. The third kappa shape index (κ3) is 3.63. The summed E-state index contributed by atoms with van der Waals surface area (Å²) >= 11 is 0. The van der Waals surface area contributed by atoms with E-state index in [9.17, 15) is 4.79 Å². The van der Waals surface area contributed by atoms with Crippen molar-refractivity contribution in [3.63, 3.8) is 0 Å². The summed E-state index contributed by atoms with van der Waals surface area (Å²) in [6.07, 6.45) is 8.10. The van der Waals surface area contributed by atoms with Crippen molar-refractivity contribution in [2.75, 3.05) is 13.1 Å². The van der Waals surface area contributed by atoms with Crippen LogP contribution < -0.4 is 5.32 Å². The Morgan fingerprint density at radius 1 is 1.40 bits per heavy atom. The highest BCUT2D eigenvalue weighted by molar-refractivity contribution is 5.77. The van der Waals surface area contributed by atoms with Crippen molar-refractivity contribution in [1.82, 2.24) is 19.8 Å². The smallest absolute Gasteiger partial charge is 0.226 e. The highest BCUT2D eigenvalue weighted by Crippen LogP contribution is 2.32. The molecule has 1 aliphatic heterocycles. The van der Waals surface area contributed by atoms with Crippen LogP contribution in [0.15, 0.2) is 29.0 Å². The molecule has 1 aliphatic carbocycles. The number of hydrogen-bond donors (Lipinski definition) is 1. The molecule has 1 N–H and O–H groups in total. The minimum Gasteiger partial charge on any atom is -0.467 e. The van der Waals surface area contributed by atoms with Gasteiger partial charge in [0.05, 0.1) is 31.0 Å². The molecule has 1 atom stereocenters. The Morgan fingerprint density at radius 2 is 2.28 bits per heavy atom. The van der Waals surface area contributed by atoms with Crippen LogP contribution in [-0.4, -0.2) is 33.4 Å². The molecule has 0 spiro atoms. The van der Waals surface area contributed by atoms with Crippen LogP contribution in [0.25, 0.3) is 0 Å². The third-order valence-corrected chi connectivity index (χ3v) is 5.51. The number of rotatable bonds is 6. The second-order valence-corrected chi connectivity index (χ2v) is 7.28. The first kappa shape index (κ1) is 16.4. The molecule has 0 saturated heterocycles. The molecule has 1 fully saturated rings. The van der Waals surface area contributed by atoms with E-state index in [1.165, 1.54) is 25.8 Å². The summed E-state index contributed by atoms with van der Waals surface area (Å²) < 4.78 is 7.45. The van der Waals surface area contributed by atoms with Crippen LogP contribution >= 0.6 is 0 Å². The number of nitrogens with one attached hydrogen (secondary N) is 1. The Labute approximate surface area is 148 Å². The molecule has 25 heavy (non-hydrogen) atoms. The van der Waals surface area contributed by atoms with E-state index in [1.54, 1.807) is 6.26 Å². The van der Waals surface area contributed by atoms with Crippen LogP contribution in [0.4, 0.5) is 0 Å². The molecule has 2 aliphatic rings. The maximum absolute atomic E-state index is 12.1. The highest BCUT2D eigenvalue weighted by Gasteiger charge is 2.29. The molecule has 0 bridgehead atoms. The molecule has 0 unspecified atom stereocenters. The van der Waals surface area contributed by atoms with Gasteiger partial charge in [-0.3, -0.25) is 9.69 Å². The number of hydrogen-bond acceptors (Lipinski definition) is 4. The standard InChI is InChI=1S/C19H26N4O2/c1-14-19-21-16(10-18(24)20-11-17-6-3-9-25-17)13-23(19)8-7-22(14)12-15-4-2-5-15/h3,6,9,13-15H,2,4-5,7-8,10-12H2,1H3,(H,20,24)/t14-/m1/s1. The minimum absolute atomic E-state index is 0.0224. The Morgan fingerprint density at radius 3 is 3.00 bits per heavy atom. The van der Waals surface area contributed by atoms with E-state index < -0.39 is 0 Å². The number of carbonyl (C=O) groups excluding carboxylic acids is 1. The highest BCUT2D eigenvalue weighted by atomic mass is 16.3. The quantitative estimate of drug-likeness (QED) is 0.876. The molecular formula is C19H26N4O2. The van der Waals surface area contributed by atoms with Crippen LogP contribution in [0.3, 0.4) is 0 Å². The summed E-state index contributed by atoms with van der Waals surface area (Å²) in [6.45, 7) is 5.88. The molecule has 2 aromatic rings. The normalized spacial score (nSPS) is 20.9. The van der Waals surface area contributed by atoms with Crippen molar-refractivity contribution in [3.05, 3.63) is 41.9 Å². The van der Waals surface area contributed by atoms with Gasteiger partial charge >= 0.3 is 0 Å². The van der Waals surface area contributed by atoms with Gasteiger partial charge in [0.2, 0.25) is 5.91 Å². The van der Waals surface area contributed by atoms with E-state index in [0.717, 1.165) is 36.3 Å². The molecule has 1 amide bonds. The lowest BCUT2D eigenvalue weighted by Gasteiger charge is -2.38. The predicted molar refractivity (Wildman–Crippen MR) is 93.8 cm³/mol. The number of fused-ring (bicyclic) bond motifs is 1. The molecule has 0 aromatic carbocycles. The summed E-state index contributed by atoms with van der Waals surface area (Å²) in [7, 11) is 0. The number of nitrogens with zero attached hydrogens (tertiary/aromatic N) is 3. The summed E-state index contributed by atoms with van der Waals surface area (Å²) in [4.78, 5) is 19.4. The second kappa shape index (κ2) is 7.04. The molecule has 134 valence electrons. The zero-order valence-electron chi connectivity index (χ0n) is 14.8. The summed E-state index contributed by atoms with van der Waals surface area (Å²) in [5.41, 5.74) is 0.851. The van der Waals surface area contributed by atoms with Gasteiger partial charge in [-0.15, -0.1) is 0 Å². The summed E-state index contributed by atoms with van der Waals surface area (Å²) in [6, 6.07) is 4.00. The van der Waals surface area contributed by atoms with Crippen molar-refractivity contribution < 1.29 is 9.21 Å². The maximum Gasteiger partial charge on any atom is 0.226 e. The minimum atomic E-state index is -0.0224. The van der Waals surface area contributed by atoms with Crippen molar-refractivity contribution in [1.29, 1.82) is 0 Å². The summed E-state index contributed by atoms with van der Waals surface area (Å²) in [5, 5.41) is 2.88. The second-order valence-electron chi connectivity index (χ2n) is 7.28. The first-order chi connectivity index (χ1) is 12.2. The van der Waals surface area contributed by atoms with Gasteiger partial charge in [0, 0.05) is 25.8 Å². The van der Waals surface area contributed by atoms with E-state index in [-0.39, 0.29) is 5.91 Å². The van der Waals surface area contributed by atoms with Crippen molar-refractivity contribution >= 4 is 5.91 Å². The zero-order valence-corrected chi connectivity index (χ0v) is 14.8. The molecule has 6 nitrogen and oxygen atoms in total. The van der Waals surface area contributed by atoms with E-state index in [2.05, 4.69) is 21.7 Å². The van der Waals surface area contributed by atoms with Gasteiger partial charge in [-0.1, -0.05) is 6.42 Å². The largest absolute Gasteiger partial charge is 0.467 e. The van der Waals surface area contributed by atoms with Gasteiger partial charge in [-0.05, 0) is 37.8 Å². The third-order valence-electron chi connectivity index (χ3n) is 5.51. The van der Waals surface area contributed by atoms with Crippen LogP contribution in [-0.2, 0) is 24.3 Å². The molecule has 4 rings (SSSR count). The monoisotopic (exact) mass is 342 g/mol. The molecular weight excluding hydrogens is 316 g/mol. The maximum atomic E-state index is 12.1. The van der Waals surface area contributed by atoms with Gasteiger partial charge in [0.1, 0.15) is 11.6 Å². The average Bonchev–Trinajstić information content (AvgIpc) is 3.20. The lowest BCUT2D eigenvalue weighted by atomic mass is 9.84. The van der Waals surface area contributed by atoms with Crippen molar-refractivity contribution in [2.24, 2.45) is 5.92 Å². The average molecular weight is 342 g/mol. The van der Waals surface area contributed by atoms with E-state index >= 15 is 0 Å². The van der Waals surface area contributed by atoms with Crippen molar-refractivity contribution in [2.45, 2.75) is 51.7 Å². The first-order valence-electron chi connectivity index (χ1n) is 9.28. The summed E-state index contributed by atoms with van der Waals surface area (Å²) in [5.74, 6) is 2.71. The van der Waals surface area contributed by atoms with Gasteiger partial charge in [0.15, 0.2) is 0 Å². The number of amides is 1. The Kier molecular flexibility index (Phi) is 4.61. The topological polar surface area (TPSA) is 63.3 Å². The molecule has 0 radical (unpaired) electrons. The number of furan rings is 1. The predicted octanol–water partition coefficient (Wildman–Crippen LogP) is 2.51. The molecule has 6 heteroatoms. The van der Waals surface area contributed by atoms with Crippen LogP contribution in [0.5, 0.6) is 0 Å². The lowest BCUT2D eigenvalue weighted by Crippen LogP contribution is -2.41. The molecule has 3 heterocycles. The molecule has 1 saturated carbocycles. The van der Waals surface area contributed by atoms with E-state index in [1.807, 2.05) is 18.3 Å². The van der Waals surface area contributed by atoms with Crippen LogP contribution in [0.1, 0.15) is 49.5 Å². The lowest BCUT2D eigenvalue weighted by molar-refractivity contribution is -0.120. The van der Waals surface area contributed by atoms with Crippen LogP contribution in [0.2, 0.25) is 0 Å². The van der Waals surface area contributed by atoms with Crippen molar-refractivity contribution in [3.8, 4) is 0 Å². The van der Waals surface area contributed by atoms with Gasteiger partial charge in [0.25, 0.3) is 0 Å². The Balaban J connectivity index is 1.35. The van der Waals surface area contributed by atoms with Gasteiger partial charge < -0.3 is 14.3 Å². The van der Waals surface area contributed by atoms with Crippen LogP contribution in [0, 0.1) is 5.92 Å². The fraction of sp³-hybridized carbons (Fsp3) is 0.579. The van der Waals surface area contributed by atoms with Gasteiger partial charge in [-0.25, -0.2) is 4.98 Å².